The number of amides is 1. The van der Waals surface area contributed by atoms with Gasteiger partial charge in [-0.15, -0.1) is 0 Å². The molecule has 7 nitrogen and oxygen atoms in total. The summed E-state index contributed by atoms with van der Waals surface area (Å²) in [7, 11) is 1.82. The Balaban J connectivity index is 1.84. The number of fused-ring (bicyclic) bond motifs is 1. The first-order chi connectivity index (χ1) is 14.5. The van der Waals surface area contributed by atoms with Gasteiger partial charge in [-0.3, -0.25) is 9.48 Å². The number of pyridine rings is 1. The number of benzene rings is 1. The van der Waals surface area contributed by atoms with Gasteiger partial charge in [0.05, 0.1) is 28.9 Å². The molecule has 0 aliphatic carbocycles. The average molecular weight is 425 g/mol. The molecule has 1 fully saturated rings. The van der Waals surface area contributed by atoms with Crippen LogP contribution in [0, 0.1) is 6.92 Å². The number of esters is 1. The van der Waals surface area contributed by atoms with Gasteiger partial charge in [0.25, 0.3) is 5.91 Å². The minimum atomic E-state index is -0.587. The lowest BCUT2D eigenvalue weighted by molar-refractivity contribution is -0.147. The molecule has 1 aromatic carbocycles. The summed E-state index contributed by atoms with van der Waals surface area (Å²) >= 11 is 1.66. The van der Waals surface area contributed by atoms with E-state index in [9.17, 15) is 9.59 Å². The Hall–Kier alpha value is -2.87. The SMILES string of the molecule is CCOC(=O)C1CSCCN1C(=O)c1cc(-c2ccccc2)nc2c1c(C)nn2C. The number of carbonyl (C=O) groups is 2. The van der Waals surface area contributed by atoms with Crippen molar-refractivity contribution in [3.8, 4) is 11.3 Å². The summed E-state index contributed by atoms with van der Waals surface area (Å²) in [5, 5.41) is 5.21. The molecular formula is C22H24N4O3S. The van der Waals surface area contributed by atoms with E-state index < -0.39 is 6.04 Å². The Kier molecular flexibility index (Phi) is 5.76. The Labute approximate surface area is 179 Å². The number of hydrogen-bond donors (Lipinski definition) is 0. The molecule has 1 saturated heterocycles. The summed E-state index contributed by atoms with van der Waals surface area (Å²) in [6.45, 7) is 4.44. The van der Waals surface area contributed by atoms with Crippen LogP contribution in [-0.4, -0.2) is 62.2 Å². The lowest BCUT2D eigenvalue weighted by Crippen LogP contribution is -2.51. The first-order valence-electron chi connectivity index (χ1n) is 9.96. The summed E-state index contributed by atoms with van der Waals surface area (Å²) in [4.78, 5) is 32.6. The van der Waals surface area contributed by atoms with Gasteiger partial charge in [-0.25, -0.2) is 9.78 Å². The zero-order valence-corrected chi connectivity index (χ0v) is 18.1. The number of ether oxygens (including phenoxy) is 1. The fourth-order valence-corrected chi connectivity index (χ4v) is 4.84. The average Bonchev–Trinajstić information content (AvgIpc) is 3.07. The summed E-state index contributed by atoms with van der Waals surface area (Å²) in [6, 6.07) is 11.0. The highest BCUT2D eigenvalue weighted by molar-refractivity contribution is 7.99. The third-order valence-corrected chi connectivity index (χ3v) is 6.24. The van der Waals surface area contributed by atoms with E-state index in [1.54, 1.807) is 28.3 Å². The van der Waals surface area contributed by atoms with Gasteiger partial charge >= 0.3 is 5.97 Å². The third-order valence-electron chi connectivity index (χ3n) is 5.22. The second kappa shape index (κ2) is 8.47. The summed E-state index contributed by atoms with van der Waals surface area (Å²) in [6.07, 6.45) is 0. The lowest BCUT2D eigenvalue weighted by atomic mass is 10.0. The maximum Gasteiger partial charge on any atom is 0.329 e. The van der Waals surface area contributed by atoms with Gasteiger partial charge in [-0.2, -0.15) is 16.9 Å². The zero-order chi connectivity index (χ0) is 21.3. The highest BCUT2D eigenvalue weighted by Crippen LogP contribution is 2.29. The minimum absolute atomic E-state index is 0.186. The topological polar surface area (TPSA) is 77.3 Å². The van der Waals surface area contributed by atoms with Crippen LogP contribution in [0.1, 0.15) is 23.0 Å². The van der Waals surface area contributed by atoms with Crippen molar-refractivity contribution in [3.63, 3.8) is 0 Å². The van der Waals surface area contributed by atoms with E-state index in [4.69, 9.17) is 9.72 Å². The second-order valence-electron chi connectivity index (χ2n) is 7.17. The van der Waals surface area contributed by atoms with Gasteiger partial charge in [-0.1, -0.05) is 30.3 Å². The number of rotatable bonds is 4. The molecule has 0 radical (unpaired) electrons. The molecule has 30 heavy (non-hydrogen) atoms. The van der Waals surface area contributed by atoms with Crippen LogP contribution < -0.4 is 0 Å². The number of aromatic nitrogens is 3. The third kappa shape index (κ3) is 3.67. The molecule has 0 spiro atoms. The standard InChI is InChI=1S/C22H24N4O3S/c1-4-29-22(28)18-13-30-11-10-26(18)21(27)16-12-17(15-8-6-5-7-9-15)23-20-19(16)14(2)24-25(20)3/h5-9,12,18H,4,10-11,13H2,1-3H3. The Morgan fingerprint density at radius 1 is 1.27 bits per heavy atom. The van der Waals surface area contributed by atoms with E-state index >= 15 is 0 Å². The number of aryl methyl sites for hydroxylation is 2. The van der Waals surface area contributed by atoms with Crippen molar-refractivity contribution in [1.29, 1.82) is 0 Å². The van der Waals surface area contributed by atoms with Crippen molar-refractivity contribution >= 4 is 34.7 Å². The summed E-state index contributed by atoms with van der Waals surface area (Å²) in [5.74, 6) is 0.785. The van der Waals surface area contributed by atoms with Crippen LogP contribution in [0.15, 0.2) is 36.4 Å². The molecule has 1 amide bonds. The quantitative estimate of drug-likeness (QED) is 0.599. The van der Waals surface area contributed by atoms with Crippen LogP contribution >= 0.6 is 11.8 Å². The molecule has 0 saturated carbocycles. The van der Waals surface area contributed by atoms with Gasteiger partial charge < -0.3 is 9.64 Å². The van der Waals surface area contributed by atoms with Crippen LogP contribution in [0.3, 0.4) is 0 Å². The van der Waals surface area contributed by atoms with Crippen molar-refractivity contribution in [2.45, 2.75) is 19.9 Å². The second-order valence-corrected chi connectivity index (χ2v) is 8.32. The molecule has 3 heterocycles. The van der Waals surface area contributed by atoms with Crippen LogP contribution in [0.4, 0.5) is 0 Å². The number of hydrogen-bond acceptors (Lipinski definition) is 6. The first kappa shape index (κ1) is 20.4. The molecule has 1 atom stereocenters. The van der Waals surface area contributed by atoms with E-state index in [2.05, 4.69) is 5.10 Å². The fraction of sp³-hybridized carbons (Fsp3) is 0.364. The maximum absolute atomic E-state index is 13.7. The monoisotopic (exact) mass is 424 g/mol. The molecule has 8 heteroatoms. The van der Waals surface area contributed by atoms with E-state index in [0.717, 1.165) is 22.4 Å². The van der Waals surface area contributed by atoms with Gasteiger partial charge in [-0.05, 0) is 19.9 Å². The highest BCUT2D eigenvalue weighted by atomic mass is 32.2. The van der Waals surface area contributed by atoms with Crippen molar-refractivity contribution < 1.29 is 14.3 Å². The molecule has 0 N–H and O–H groups in total. The van der Waals surface area contributed by atoms with Crippen molar-refractivity contribution in [2.24, 2.45) is 7.05 Å². The van der Waals surface area contributed by atoms with E-state index in [0.29, 0.717) is 35.8 Å². The predicted octanol–water partition coefficient (Wildman–Crippen LogP) is 3.06. The van der Waals surface area contributed by atoms with Gasteiger partial charge in [0, 0.05) is 30.7 Å². The molecule has 4 rings (SSSR count). The Morgan fingerprint density at radius 2 is 2.03 bits per heavy atom. The fourth-order valence-electron chi connectivity index (χ4n) is 3.81. The van der Waals surface area contributed by atoms with Crippen LogP contribution in [0.25, 0.3) is 22.3 Å². The lowest BCUT2D eigenvalue weighted by Gasteiger charge is -2.34. The van der Waals surface area contributed by atoms with Gasteiger partial charge in [0.15, 0.2) is 5.65 Å². The van der Waals surface area contributed by atoms with E-state index in [1.807, 2.05) is 50.4 Å². The zero-order valence-electron chi connectivity index (χ0n) is 17.3. The largest absolute Gasteiger partial charge is 0.464 e. The summed E-state index contributed by atoms with van der Waals surface area (Å²) < 4.78 is 6.93. The Morgan fingerprint density at radius 3 is 2.77 bits per heavy atom. The first-order valence-corrected chi connectivity index (χ1v) is 11.1. The van der Waals surface area contributed by atoms with Crippen LogP contribution in [0.5, 0.6) is 0 Å². The minimum Gasteiger partial charge on any atom is -0.464 e. The van der Waals surface area contributed by atoms with Gasteiger partial charge in [0.1, 0.15) is 6.04 Å². The van der Waals surface area contributed by atoms with E-state index in [1.165, 1.54) is 0 Å². The number of nitrogens with zero attached hydrogens (tertiary/aromatic N) is 4. The van der Waals surface area contributed by atoms with Crippen LogP contribution in [-0.2, 0) is 16.6 Å². The molecule has 1 aliphatic heterocycles. The smallest absolute Gasteiger partial charge is 0.329 e. The van der Waals surface area contributed by atoms with Crippen molar-refractivity contribution in [1.82, 2.24) is 19.7 Å². The predicted molar refractivity (Wildman–Crippen MR) is 117 cm³/mol. The molecule has 3 aromatic rings. The molecule has 2 aromatic heterocycles. The highest BCUT2D eigenvalue weighted by Gasteiger charge is 2.35. The molecule has 1 aliphatic rings. The molecule has 156 valence electrons. The maximum atomic E-state index is 13.7. The number of carbonyl (C=O) groups excluding carboxylic acids is 2. The molecular weight excluding hydrogens is 400 g/mol. The van der Waals surface area contributed by atoms with Crippen molar-refractivity contribution in [2.75, 3.05) is 24.7 Å². The number of thioether (sulfide) groups is 1. The van der Waals surface area contributed by atoms with Crippen molar-refractivity contribution in [3.05, 3.63) is 47.7 Å². The molecule has 0 bridgehead atoms. The van der Waals surface area contributed by atoms with E-state index in [-0.39, 0.29) is 11.9 Å². The van der Waals surface area contributed by atoms with Crippen LogP contribution in [0.2, 0.25) is 0 Å². The molecule has 1 unspecified atom stereocenters. The normalized spacial score (nSPS) is 16.6. The Bertz CT molecular complexity index is 1100. The van der Waals surface area contributed by atoms with Gasteiger partial charge in [0.2, 0.25) is 0 Å². The summed E-state index contributed by atoms with van der Waals surface area (Å²) in [5.41, 5.74) is 3.53.